The second-order valence-corrected chi connectivity index (χ2v) is 9.77. The Kier molecular flexibility index (Phi) is 7.35. The molecule has 0 spiro atoms. The van der Waals surface area contributed by atoms with Gasteiger partial charge in [0.05, 0.1) is 18.7 Å². The van der Waals surface area contributed by atoms with Crippen LogP contribution in [0.4, 0.5) is 5.69 Å². The first-order valence-electron chi connectivity index (χ1n) is 12.0. The normalized spacial score (nSPS) is 13.8. The van der Waals surface area contributed by atoms with E-state index in [0.29, 0.717) is 6.54 Å². The largest absolute Gasteiger partial charge is 0.378 e. The van der Waals surface area contributed by atoms with Crippen LogP contribution in [0, 0.1) is 6.92 Å². The standard InChI is InChI=1S/C28H30N4O2S/c1-21-2-4-23(5-3-21)20-35-28-25-11-13-32(26(25)10-12-29-28)19-27(33)30-18-22-6-8-24(9-7-22)31-14-16-34-17-15-31/h2-13H,14-20H2,1H3,(H,30,33). The number of morpholine rings is 1. The molecule has 6 nitrogen and oxygen atoms in total. The molecular formula is C28H30N4O2S. The molecule has 1 saturated heterocycles. The molecule has 0 unspecified atom stereocenters. The van der Waals surface area contributed by atoms with Crippen LogP contribution in [0.3, 0.4) is 0 Å². The summed E-state index contributed by atoms with van der Waals surface area (Å²) < 4.78 is 7.41. The molecule has 4 aromatic rings. The van der Waals surface area contributed by atoms with Crippen molar-refractivity contribution in [1.29, 1.82) is 0 Å². The van der Waals surface area contributed by atoms with Crippen molar-refractivity contribution < 1.29 is 9.53 Å². The number of hydrogen-bond acceptors (Lipinski definition) is 5. The number of anilines is 1. The van der Waals surface area contributed by atoms with E-state index in [9.17, 15) is 4.79 Å². The van der Waals surface area contributed by atoms with Gasteiger partial charge in [0, 0.05) is 48.9 Å². The van der Waals surface area contributed by atoms with Crippen molar-refractivity contribution >= 4 is 34.3 Å². The van der Waals surface area contributed by atoms with Gasteiger partial charge in [-0.25, -0.2) is 4.98 Å². The third-order valence-electron chi connectivity index (χ3n) is 6.27. The Balaban J connectivity index is 1.17. The van der Waals surface area contributed by atoms with Crippen LogP contribution in [0.15, 0.2) is 78.1 Å². The molecule has 5 rings (SSSR count). The molecule has 35 heavy (non-hydrogen) atoms. The molecular weight excluding hydrogens is 456 g/mol. The van der Waals surface area contributed by atoms with Gasteiger partial charge < -0.3 is 19.5 Å². The van der Waals surface area contributed by atoms with Gasteiger partial charge in [0.25, 0.3) is 0 Å². The van der Waals surface area contributed by atoms with Crippen LogP contribution in [0.2, 0.25) is 0 Å². The van der Waals surface area contributed by atoms with Gasteiger partial charge in [-0.2, -0.15) is 0 Å². The Labute approximate surface area is 210 Å². The van der Waals surface area contributed by atoms with E-state index in [1.165, 1.54) is 16.8 Å². The molecule has 3 heterocycles. The SMILES string of the molecule is Cc1ccc(CSc2nccc3c2ccn3CC(=O)NCc2ccc(N3CCOCC3)cc2)cc1. The van der Waals surface area contributed by atoms with Crippen LogP contribution >= 0.6 is 11.8 Å². The molecule has 1 aliphatic heterocycles. The van der Waals surface area contributed by atoms with E-state index < -0.39 is 0 Å². The van der Waals surface area contributed by atoms with E-state index in [-0.39, 0.29) is 12.5 Å². The maximum Gasteiger partial charge on any atom is 0.240 e. The van der Waals surface area contributed by atoms with Crippen molar-refractivity contribution in [2.75, 3.05) is 31.2 Å². The lowest BCUT2D eigenvalue weighted by Crippen LogP contribution is -2.36. The lowest BCUT2D eigenvalue weighted by Gasteiger charge is -2.28. The number of aromatic nitrogens is 2. The van der Waals surface area contributed by atoms with Crippen LogP contribution in [0.25, 0.3) is 10.9 Å². The number of ether oxygens (including phenoxy) is 1. The Morgan fingerprint density at radius 3 is 2.51 bits per heavy atom. The molecule has 1 N–H and O–H groups in total. The highest BCUT2D eigenvalue weighted by Gasteiger charge is 2.12. The Morgan fingerprint density at radius 2 is 1.74 bits per heavy atom. The first-order chi connectivity index (χ1) is 17.2. The minimum absolute atomic E-state index is 0.00886. The zero-order valence-electron chi connectivity index (χ0n) is 19.9. The van der Waals surface area contributed by atoms with E-state index in [4.69, 9.17) is 4.74 Å². The molecule has 0 saturated carbocycles. The minimum atomic E-state index is -0.00886. The molecule has 7 heteroatoms. The maximum absolute atomic E-state index is 12.7. The van der Waals surface area contributed by atoms with Crippen molar-refractivity contribution in [3.05, 3.63) is 89.7 Å². The third-order valence-corrected chi connectivity index (χ3v) is 7.35. The number of aryl methyl sites for hydroxylation is 1. The van der Waals surface area contributed by atoms with Gasteiger partial charge in [0.15, 0.2) is 0 Å². The first kappa shape index (κ1) is 23.5. The minimum Gasteiger partial charge on any atom is -0.378 e. The molecule has 0 atom stereocenters. The van der Waals surface area contributed by atoms with Gasteiger partial charge in [-0.3, -0.25) is 4.79 Å². The van der Waals surface area contributed by atoms with Gasteiger partial charge in [-0.15, -0.1) is 11.8 Å². The number of fused-ring (bicyclic) bond motifs is 1. The third kappa shape index (κ3) is 5.86. The molecule has 2 aromatic heterocycles. The fraction of sp³-hybridized carbons (Fsp3) is 0.286. The summed E-state index contributed by atoms with van der Waals surface area (Å²) in [7, 11) is 0. The molecule has 0 bridgehead atoms. The van der Waals surface area contributed by atoms with Gasteiger partial charge in [-0.1, -0.05) is 42.0 Å². The molecule has 0 radical (unpaired) electrons. The van der Waals surface area contributed by atoms with Crippen molar-refractivity contribution in [3.8, 4) is 0 Å². The fourth-order valence-electron chi connectivity index (χ4n) is 4.24. The van der Waals surface area contributed by atoms with Crippen molar-refractivity contribution in [3.63, 3.8) is 0 Å². The van der Waals surface area contributed by atoms with Crippen LogP contribution in [-0.4, -0.2) is 41.8 Å². The number of nitrogens with one attached hydrogen (secondary N) is 1. The highest BCUT2D eigenvalue weighted by atomic mass is 32.2. The number of carbonyl (C=O) groups excluding carboxylic acids is 1. The van der Waals surface area contributed by atoms with Crippen molar-refractivity contribution in [2.24, 2.45) is 0 Å². The molecule has 180 valence electrons. The summed E-state index contributed by atoms with van der Waals surface area (Å²) in [5, 5.41) is 5.12. The number of hydrogen-bond donors (Lipinski definition) is 1. The van der Waals surface area contributed by atoms with Crippen molar-refractivity contribution in [2.45, 2.75) is 30.8 Å². The summed E-state index contributed by atoms with van der Waals surface area (Å²) in [4.78, 5) is 19.6. The number of rotatable bonds is 8. The van der Waals surface area contributed by atoms with E-state index in [1.807, 2.05) is 23.0 Å². The van der Waals surface area contributed by atoms with E-state index in [1.54, 1.807) is 11.8 Å². The second-order valence-electron chi connectivity index (χ2n) is 8.81. The predicted octanol–water partition coefficient (Wildman–Crippen LogP) is 4.79. The van der Waals surface area contributed by atoms with Crippen LogP contribution in [0.5, 0.6) is 0 Å². The zero-order valence-corrected chi connectivity index (χ0v) is 20.8. The highest BCUT2D eigenvalue weighted by molar-refractivity contribution is 7.98. The van der Waals surface area contributed by atoms with E-state index in [0.717, 1.165) is 53.5 Å². The van der Waals surface area contributed by atoms with E-state index in [2.05, 4.69) is 76.7 Å². The summed E-state index contributed by atoms with van der Waals surface area (Å²) in [5.41, 5.74) is 5.85. The van der Waals surface area contributed by atoms with Gasteiger partial charge in [0.1, 0.15) is 11.6 Å². The summed E-state index contributed by atoms with van der Waals surface area (Å²) in [5.74, 6) is 0.855. The number of amides is 1. The van der Waals surface area contributed by atoms with Gasteiger partial charge in [0.2, 0.25) is 5.91 Å². The smallest absolute Gasteiger partial charge is 0.240 e. The molecule has 0 aliphatic carbocycles. The number of thioether (sulfide) groups is 1. The lowest BCUT2D eigenvalue weighted by atomic mass is 10.2. The topological polar surface area (TPSA) is 59.4 Å². The first-order valence-corrected chi connectivity index (χ1v) is 12.9. The quantitative estimate of drug-likeness (QED) is 0.363. The van der Waals surface area contributed by atoms with Crippen molar-refractivity contribution in [1.82, 2.24) is 14.9 Å². The second kappa shape index (κ2) is 11.0. The molecule has 1 aliphatic rings. The summed E-state index contributed by atoms with van der Waals surface area (Å²) in [6.45, 7) is 6.28. The van der Waals surface area contributed by atoms with E-state index >= 15 is 0 Å². The van der Waals surface area contributed by atoms with Gasteiger partial charge in [-0.05, 0) is 42.3 Å². The van der Waals surface area contributed by atoms with Gasteiger partial charge >= 0.3 is 0 Å². The number of pyridine rings is 1. The Hall–Kier alpha value is -3.29. The zero-order chi connectivity index (χ0) is 24.0. The summed E-state index contributed by atoms with van der Waals surface area (Å²) >= 11 is 1.72. The maximum atomic E-state index is 12.7. The number of nitrogens with zero attached hydrogens (tertiary/aromatic N) is 3. The average Bonchev–Trinajstić information content (AvgIpc) is 3.31. The summed E-state index contributed by atoms with van der Waals surface area (Å²) in [6.07, 6.45) is 3.79. The van der Waals surface area contributed by atoms with Crippen LogP contribution < -0.4 is 10.2 Å². The molecule has 1 amide bonds. The molecule has 1 fully saturated rings. The highest BCUT2D eigenvalue weighted by Crippen LogP contribution is 2.29. The Bertz CT molecular complexity index is 1280. The van der Waals surface area contributed by atoms with Crippen LogP contribution in [0.1, 0.15) is 16.7 Å². The lowest BCUT2D eigenvalue weighted by molar-refractivity contribution is -0.121. The number of carbonyl (C=O) groups is 1. The Morgan fingerprint density at radius 1 is 1.00 bits per heavy atom. The fourth-order valence-corrected chi connectivity index (χ4v) is 5.20. The monoisotopic (exact) mass is 486 g/mol. The average molecular weight is 487 g/mol. The molecule has 2 aromatic carbocycles. The number of benzene rings is 2. The predicted molar refractivity (Wildman–Crippen MR) is 142 cm³/mol. The van der Waals surface area contributed by atoms with Crippen LogP contribution in [-0.2, 0) is 28.4 Å². The summed E-state index contributed by atoms with van der Waals surface area (Å²) in [6, 6.07) is 21.0.